The molecule has 3 aromatic rings. The van der Waals surface area contributed by atoms with Crippen LogP contribution in [0.3, 0.4) is 0 Å². The number of halogens is 4. The minimum Gasteiger partial charge on any atom is -0.491 e. The third-order valence-electron chi connectivity index (χ3n) is 4.94. The Kier molecular flexibility index (Phi) is 6.77. The van der Waals surface area contributed by atoms with E-state index in [9.17, 15) is 22.7 Å². The summed E-state index contributed by atoms with van der Waals surface area (Å²) in [6.07, 6.45) is -0.395. The first kappa shape index (κ1) is 21.8. The van der Waals surface area contributed by atoms with E-state index in [1.54, 1.807) is 31.2 Å². The van der Waals surface area contributed by atoms with Gasteiger partial charge in [-0.2, -0.15) is 4.39 Å². The Bertz CT molecular complexity index is 1030. The van der Waals surface area contributed by atoms with Gasteiger partial charge in [0.2, 0.25) is 5.82 Å². The van der Waals surface area contributed by atoms with E-state index in [4.69, 9.17) is 4.74 Å². The van der Waals surface area contributed by atoms with Gasteiger partial charge in [-0.05, 0) is 55.5 Å². The van der Waals surface area contributed by atoms with Crippen LogP contribution in [0.15, 0.2) is 48.5 Å². The maximum atomic E-state index is 14.4. The Labute approximate surface area is 172 Å². The molecule has 158 valence electrons. The second-order valence-electron chi connectivity index (χ2n) is 6.99. The fraction of sp³-hybridized carbons (Fsp3) is 0.250. The number of aliphatic hydroxyl groups excluding tert-OH is 1. The average molecular weight is 418 g/mol. The molecule has 0 heterocycles. The molecule has 6 heteroatoms. The lowest BCUT2D eigenvalue weighted by atomic mass is 9.98. The first-order valence-corrected chi connectivity index (χ1v) is 9.68. The van der Waals surface area contributed by atoms with E-state index in [2.05, 4.69) is 0 Å². The smallest absolute Gasteiger partial charge is 0.201 e. The minimum absolute atomic E-state index is 0.0785. The van der Waals surface area contributed by atoms with Crippen LogP contribution in [0.25, 0.3) is 11.1 Å². The molecule has 1 atom stereocenters. The van der Waals surface area contributed by atoms with Gasteiger partial charge in [-0.1, -0.05) is 36.4 Å². The quantitative estimate of drug-likeness (QED) is 0.467. The van der Waals surface area contributed by atoms with Crippen LogP contribution in [-0.4, -0.2) is 11.7 Å². The fourth-order valence-corrected chi connectivity index (χ4v) is 3.27. The lowest BCUT2D eigenvalue weighted by Crippen LogP contribution is -2.03. The Hall–Kier alpha value is -2.86. The molecule has 0 spiro atoms. The zero-order valence-electron chi connectivity index (χ0n) is 16.7. The zero-order valence-corrected chi connectivity index (χ0v) is 16.7. The predicted molar refractivity (Wildman–Crippen MR) is 107 cm³/mol. The molecule has 3 aromatic carbocycles. The van der Waals surface area contributed by atoms with Crippen molar-refractivity contribution in [3.8, 4) is 16.9 Å². The van der Waals surface area contributed by atoms with Crippen molar-refractivity contribution in [2.75, 3.05) is 6.61 Å². The van der Waals surface area contributed by atoms with E-state index in [0.29, 0.717) is 12.0 Å². The highest BCUT2D eigenvalue weighted by molar-refractivity contribution is 5.65. The fourth-order valence-electron chi connectivity index (χ4n) is 3.27. The number of hydrogen-bond donors (Lipinski definition) is 1. The molecule has 0 aromatic heterocycles. The molecule has 0 radical (unpaired) electrons. The van der Waals surface area contributed by atoms with Gasteiger partial charge in [-0.3, -0.25) is 0 Å². The third-order valence-corrected chi connectivity index (χ3v) is 4.94. The van der Waals surface area contributed by atoms with Crippen LogP contribution >= 0.6 is 0 Å². The summed E-state index contributed by atoms with van der Waals surface area (Å²) in [6.45, 7) is 3.29. The first-order chi connectivity index (χ1) is 14.3. The molecule has 0 aliphatic carbocycles. The van der Waals surface area contributed by atoms with Crippen LogP contribution in [0.4, 0.5) is 17.6 Å². The van der Waals surface area contributed by atoms with Crippen molar-refractivity contribution < 1.29 is 27.4 Å². The number of ether oxygens (including phenoxy) is 1. The van der Waals surface area contributed by atoms with E-state index in [0.717, 1.165) is 5.56 Å². The Balaban J connectivity index is 1.75. The van der Waals surface area contributed by atoms with E-state index >= 15 is 0 Å². The SMILES string of the molecule is CCOc1ccc(-c2ccc(CCc3ccc(C(C)O)c(F)c3F)cc2)c(F)c1F. The average Bonchev–Trinajstić information content (AvgIpc) is 2.73. The molecule has 0 fully saturated rings. The number of hydrogen-bond acceptors (Lipinski definition) is 2. The topological polar surface area (TPSA) is 29.5 Å². The molecule has 1 unspecified atom stereocenters. The van der Waals surface area contributed by atoms with Gasteiger partial charge in [0.1, 0.15) is 0 Å². The van der Waals surface area contributed by atoms with Crippen LogP contribution in [0.2, 0.25) is 0 Å². The molecule has 0 aliphatic heterocycles. The van der Waals surface area contributed by atoms with Gasteiger partial charge >= 0.3 is 0 Å². The van der Waals surface area contributed by atoms with Gasteiger partial charge in [0.25, 0.3) is 0 Å². The van der Waals surface area contributed by atoms with Gasteiger partial charge < -0.3 is 9.84 Å². The minimum atomic E-state index is -1.09. The largest absolute Gasteiger partial charge is 0.491 e. The summed E-state index contributed by atoms with van der Waals surface area (Å²) in [7, 11) is 0. The molecule has 1 N–H and O–H groups in total. The molecule has 0 saturated heterocycles. The Morgan fingerprint density at radius 1 is 0.800 bits per heavy atom. The Morgan fingerprint density at radius 2 is 1.50 bits per heavy atom. The van der Waals surface area contributed by atoms with Crippen molar-refractivity contribution >= 4 is 0 Å². The number of aryl methyl sites for hydroxylation is 2. The van der Waals surface area contributed by atoms with Crippen LogP contribution < -0.4 is 4.74 Å². The van der Waals surface area contributed by atoms with Crippen molar-refractivity contribution in [1.82, 2.24) is 0 Å². The second-order valence-corrected chi connectivity index (χ2v) is 6.99. The van der Waals surface area contributed by atoms with Crippen molar-refractivity contribution in [2.45, 2.75) is 32.8 Å². The monoisotopic (exact) mass is 418 g/mol. The van der Waals surface area contributed by atoms with Crippen molar-refractivity contribution in [3.05, 3.63) is 88.5 Å². The first-order valence-electron chi connectivity index (χ1n) is 9.68. The van der Waals surface area contributed by atoms with E-state index in [1.807, 2.05) is 0 Å². The number of aliphatic hydroxyl groups is 1. The van der Waals surface area contributed by atoms with Gasteiger partial charge in [0.15, 0.2) is 23.2 Å². The second kappa shape index (κ2) is 9.30. The van der Waals surface area contributed by atoms with Crippen LogP contribution in [0.5, 0.6) is 5.75 Å². The molecule has 0 bridgehead atoms. The van der Waals surface area contributed by atoms with Crippen molar-refractivity contribution in [2.24, 2.45) is 0 Å². The van der Waals surface area contributed by atoms with E-state index in [1.165, 1.54) is 31.2 Å². The Morgan fingerprint density at radius 3 is 2.13 bits per heavy atom. The third kappa shape index (κ3) is 4.49. The highest BCUT2D eigenvalue weighted by Crippen LogP contribution is 2.30. The summed E-state index contributed by atoms with van der Waals surface area (Å²) >= 11 is 0. The predicted octanol–water partition coefficient (Wildman–Crippen LogP) is 6.15. The maximum absolute atomic E-state index is 14.4. The lowest BCUT2D eigenvalue weighted by molar-refractivity contribution is 0.192. The van der Waals surface area contributed by atoms with Gasteiger partial charge in [-0.15, -0.1) is 0 Å². The van der Waals surface area contributed by atoms with E-state index in [-0.39, 0.29) is 35.5 Å². The summed E-state index contributed by atoms with van der Waals surface area (Å²) in [4.78, 5) is 0. The number of rotatable bonds is 7. The standard InChI is InChI=1S/C24H22F4O2/c1-3-30-20-13-12-19(23(27)24(20)28)16-7-4-15(5-8-16)6-9-17-10-11-18(14(2)29)22(26)21(17)25/h4-5,7-8,10-14,29H,3,6,9H2,1-2H3. The van der Waals surface area contributed by atoms with Gasteiger partial charge in [0, 0.05) is 11.1 Å². The zero-order chi connectivity index (χ0) is 21.8. The molecular weight excluding hydrogens is 396 g/mol. The highest BCUT2D eigenvalue weighted by Gasteiger charge is 2.17. The molecule has 0 amide bonds. The summed E-state index contributed by atoms with van der Waals surface area (Å²) in [5, 5.41) is 9.46. The highest BCUT2D eigenvalue weighted by atomic mass is 19.2. The van der Waals surface area contributed by atoms with Gasteiger partial charge in [0.05, 0.1) is 12.7 Å². The van der Waals surface area contributed by atoms with Crippen LogP contribution in [0.1, 0.15) is 36.6 Å². The molecule has 2 nitrogen and oxygen atoms in total. The van der Waals surface area contributed by atoms with Gasteiger partial charge in [-0.25, -0.2) is 13.2 Å². The number of benzene rings is 3. The maximum Gasteiger partial charge on any atom is 0.201 e. The van der Waals surface area contributed by atoms with Crippen molar-refractivity contribution in [1.29, 1.82) is 0 Å². The molecular formula is C24H22F4O2. The van der Waals surface area contributed by atoms with Crippen LogP contribution in [0, 0.1) is 23.3 Å². The summed E-state index contributed by atoms with van der Waals surface area (Å²) < 4.78 is 61.7. The summed E-state index contributed by atoms with van der Waals surface area (Å²) in [5.41, 5.74) is 1.58. The normalized spacial score (nSPS) is 12.1. The summed E-state index contributed by atoms with van der Waals surface area (Å²) in [6, 6.07) is 12.5. The molecule has 0 saturated carbocycles. The van der Waals surface area contributed by atoms with E-state index < -0.39 is 29.4 Å². The van der Waals surface area contributed by atoms with Crippen molar-refractivity contribution in [3.63, 3.8) is 0 Å². The molecule has 0 aliphatic rings. The summed E-state index contributed by atoms with van der Waals surface area (Å²) in [5.74, 6) is -4.14. The molecule has 30 heavy (non-hydrogen) atoms. The van der Waals surface area contributed by atoms with Crippen LogP contribution in [-0.2, 0) is 12.8 Å². The lowest BCUT2D eigenvalue weighted by Gasteiger charge is -2.11. The molecule has 3 rings (SSSR count).